The van der Waals surface area contributed by atoms with Gasteiger partial charge >= 0.3 is 0 Å². The summed E-state index contributed by atoms with van der Waals surface area (Å²) < 4.78 is 0. The molecule has 0 aliphatic carbocycles. The third-order valence-electron chi connectivity index (χ3n) is 2.47. The van der Waals surface area contributed by atoms with Crippen LogP contribution in [0.25, 0.3) is 11.4 Å². The summed E-state index contributed by atoms with van der Waals surface area (Å²) in [6, 6.07) is 8.33. The average molecular weight is 201 g/mol. The predicted molar refractivity (Wildman–Crippen MR) is 60.4 cm³/mol. The summed E-state index contributed by atoms with van der Waals surface area (Å²) in [5.74, 6) is 0.793. The van der Waals surface area contributed by atoms with E-state index in [0.29, 0.717) is 0 Å². The topological polar surface area (TPSA) is 41.6 Å². The van der Waals surface area contributed by atoms with E-state index < -0.39 is 0 Å². The summed E-state index contributed by atoms with van der Waals surface area (Å²) in [6.45, 7) is 2.20. The predicted octanol–water partition coefficient (Wildman–Crippen LogP) is 2.81. The molecule has 15 heavy (non-hydrogen) atoms. The Bertz CT molecular complexity index is 407. The van der Waals surface area contributed by atoms with Crippen LogP contribution in [0.2, 0.25) is 0 Å². The molecule has 1 aromatic carbocycles. The van der Waals surface area contributed by atoms with Gasteiger partial charge in [-0.1, -0.05) is 37.6 Å². The van der Waals surface area contributed by atoms with Crippen LogP contribution in [0.4, 0.5) is 0 Å². The van der Waals surface area contributed by atoms with Crippen molar-refractivity contribution in [3.63, 3.8) is 0 Å². The van der Waals surface area contributed by atoms with Crippen molar-refractivity contribution in [3.8, 4) is 11.4 Å². The zero-order valence-corrected chi connectivity index (χ0v) is 8.90. The monoisotopic (exact) mass is 201 g/mol. The first kappa shape index (κ1) is 9.90. The molecule has 1 aromatic heterocycles. The van der Waals surface area contributed by atoms with Gasteiger partial charge < -0.3 is 0 Å². The van der Waals surface area contributed by atoms with Crippen molar-refractivity contribution in [2.24, 2.45) is 0 Å². The van der Waals surface area contributed by atoms with Crippen molar-refractivity contribution in [1.82, 2.24) is 15.2 Å². The number of aromatic nitrogens is 3. The second-order valence-electron chi connectivity index (χ2n) is 3.58. The number of hydrogen-bond donors (Lipinski definition) is 1. The molecule has 1 N–H and O–H groups in total. The fourth-order valence-corrected chi connectivity index (χ4v) is 1.66. The van der Waals surface area contributed by atoms with Gasteiger partial charge in [0.2, 0.25) is 0 Å². The second-order valence-corrected chi connectivity index (χ2v) is 3.58. The largest absolute Gasteiger partial charge is 0.265 e. The fourth-order valence-electron chi connectivity index (χ4n) is 1.66. The molecule has 0 atom stereocenters. The minimum atomic E-state index is 0.793. The third-order valence-corrected chi connectivity index (χ3v) is 2.47. The Morgan fingerprint density at radius 1 is 1.27 bits per heavy atom. The van der Waals surface area contributed by atoms with Gasteiger partial charge in [0.15, 0.2) is 5.82 Å². The maximum Gasteiger partial charge on any atom is 0.181 e. The van der Waals surface area contributed by atoms with Gasteiger partial charge in [-0.3, -0.25) is 5.10 Å². The van der Waals surface area contributed by atoms with Gasteiger partial charge in [0.1, 0.15) is 6.33 Å². The lowest BCUT2D eigenvalue weighted by molar-refractivity contribution is 0.795. The van der Waals surface area contributed by atoms with Crippen LogP contribution in [0, 0.1) is 0 Å². The highest BCUT2D eigenvalue weighted by Gasteiger charge is 2.06. The smallest absolute Gasteiger partial charge is 0.181 e. The molecule has 0 saturated carbocycles. The first-order valence-corrected chi connectivity index (χ1v) is 5.36. The molecule has 0 bridgehead atoms. The molecule has 0 unspecified atom stereocenters. The van der Waals surface area contributed by atoms with Crippen molar-refractivity contribution in [3.05, 3.63) is 36.2 Å². The lowest BCUT2D eigenvalue weighted by Crippen LogP contribution is -1.91. The standard InChI is InChI=1S/C12H15N3/c1-2-3-6-10-7-4-5-8-11(10)12-13-9-14-15-12/h4-5,7-9H,2-3,6H2,1H3,(H,13,14,15). The molecule has 0 amide bonds. The number of aryl methyl sites for hydroxylation is 1. The zero-order chi connectivity index (χ0) is 10.5. The third kappa shape index (κ3) is 2.24. The number of hydrogen-bond acceptors (Lipinski definition) is 2. The van der Waals surface area contributed by atoms with Crippen LogP contribution < -0.4 is 0 Å². The Balaban J connectivity index is 2.30. The van der Waals surface area contributed by atoms with E-state index in [-0.39, 0.29) is 0 Å². The Labute approximate surface area is 89.6 Å². The summed E-state index contributed by atoms with van der Waals surface area (Å²) in [5.41, 5.74) is 2.48. The highest BCUT2D eigenvalue weighted by Crippen LogP contribution is 2.20. The molecule has 0 aliphatic rings. The van der Waals surface area contributed by atoms with Crippen molar-refractivity contribution < 1.29 is 0 Å². The normalized spacial score (nSPS) is 10.5. The Morgan fingerprint density at radius 2 is 2.13 bits per heavy atom. The van der Waals surface area contributed by atoms with Gasteiger partial charge in [0.25, 0.3) is 0 Å². The van der Waals surface area contributed by atoms with E-state index in [0.717, 1.165) is 17.8 Å². The number of rotatable bonds is 4. The number of benzene rings is 1. The van der Waals surface area contributed by atoms with Crippen LogP contribution in [-0.4, -0.2) is 15.2 Å². The minimum absolute atomic E-state index is 0.793. The maximum atomic E-state index is 4.19. The summed E-state index contributed by atoms with van der Waals surface area (Å²) in [4.78, 5) is 4.19. The summed E-state index contributed by atoms with van der Waals surface area (Å²) in [6.07, 6.45) is 5.14. The highest BCUT2D eigenvalue weighted by molar-refractivity contribution is 5.59. The summed E-state index contributed by atoms with van der Waals surface area (Å²) in [7, 11) is 0. The van der Waals surface area contributed by atoms with E-state index in [1.165, 1.54) is 18.4 Å². The molecule has 78 valence electrons. The molecule has 0 aliphatic heterocycles. The molecule has 0 spiro atoms. The van der Waals surface area contributed by atoms with Gasteiger partial charge in [-0.15, -0.1) is 0 Å². The van der Waals surface area contributed by atoms with E-state index in [4.69, 9.17) is 0 Å². The molecule has 2 rings (SSSR count). The number of aromatic amines is 1. The first-order chi connectivity index (χ1) is 7.42. The van der Waals surface area contributed by atoms with Crippen molar-refractivity contribution in [2.45, 2.75) is 26.2 Å². The van der Waals surface area contributed by atoms with Crippen molar-refractivity contribution in [1.29, 1.82) is 0 Å². The van der Waals surface area contributed by atoms with Crippen LogP contribution in [-0.2, 0) is 6.42 Å². The molecule has 3 nitrogen and oxygen atoms in total. The van der Waals surface area contributed by atoms with E-state index in [1.54, 1.807) is 6.33 Å². The Morgan fingerprint density at radius 3 is 2.87 bits per heavy atom. The van der Waals surface area contributed by atoms with Crippen LogP contribution in [0.5, 0.6) is 0 Å². The fraction of sp³-hybridized carbons (Fsp3) is 0.333. The summed E-state index contributed by atoms with van der Waals surface area (Å²) >= 11 is 0. The number of H-pyrrole nitrogens is 1. The molecule has 0 radical (unpaired) electrons. The first-order valence-electron chi connectivity index (χ1n) is 5.36. The second kappa shape index (κ2) is 4.73. The molecule has 0 fully saturated rings. The molecular weight excluding hydrogens is 186 g/mol. The molecular formula is C12H15N3. The number of nitrogens with one attached hydrogen (secondary N) is 1. The number of unbranched alkanes of at least 4 members (excludes halogenated alkanes) is 1. The van der Waals surface area contributed by atoms with E-state index in [9.17, 15) is 0 Å². The molecule has 1 heterocycles. The van der Waals surface area contributed by atoms with Crippen LogP contribution in [0.3, 0.4) is 0 Å². The van der Waals surface area contributed by atoms with Crippen LogP contribution in [0.1, 0.15) is 25.3 Å². The average Bonchev–Trinajstić information content (AvgIpc) is 2.80. The zero-order valence-electron chi connectivity index (χ0n) is 8.90. The Kier molecular flexibility index (Phi) is 3.12. The van der Waals surface area contributed by atoms with Crippen molar-refractivity contribution >= 4 is 0 Å². The van der Waals surface area contributed by atoms with Crippen LogP contribution >= 0.6 is 0 Å². The molecule has 0 saturated heterocycles. The van der Waals surface area contributed by atoms with Gasteiger partial charge in [-0.25, -0.2) is 4.98 Å². The van der Waals surface area contributed by atoms with Gasteiger partial charge in [0, 0.05) is 5.56 Å². The lowest BCUT2D eigenvalue weighted by Gasteiger charge is -2.05. The highest BCUT2D eigenvalue weighted by atomic mass is 15.2. The van der Waals surface area contributed by atoms with Crippen LogP contribution in [0.15, 0.2) is 30.6 Å². The minimum Gasteiger partial charge on any atom is -0.265 e. The molecule has 3 heteroatoms. The lowest BCUT2D eigenvalue weighted by atomic mass is 10.0. The quantitative estimate of drug-likeness (QED) is 0.826. The Hall–Kier alpha value is -1.64. The maximum absolute atomic E-state index is 4.19. The van der Waals surface area contributed by atoms with Gasteiger partial charge in [-0.2, -0.15) is 5.10 Å². The molecule has 2 aromatic rings. The van der Waals surface area contributed by atoms with Gasteiger partial charge in [0.05, 0.1) is 0 Å². The van der Waals surface area contributed by atoms with Gasteiger partial charge in [-0.05, 0) is 18.4 Å². The van der Waals surface area contributed by atoms with E-state index in [1.807, 2.05) is 6.07 Å². The summed E-state index contributed by atoms with van der Waals surface area (Å²) in [5, 5.41) is 6.87. The van der Waals surface area contributed by atoms with E-state index >= 15 is 0 Å². The SMILES string of the molecule is CCCCc1ccccc1-c1nc[nH]n1. The van der Waals surface area contributed by atoms with Crippen molar-refractivity contribution in [2.75, 3.05) is 0 Å². The number of nitrogens with zero attached hydrogens (tertiary/aromatic N) is 2. The van der Waals surface area contributed by atoms with E-state index in [2.05, 4.69) is 40.3 Å².